The predicted molar refractivity (Wildman–Crippen MR) is 320 cm³/mol. The molecule has 4 amide bonds. The van der Waals surface area contributed by atoms with E-state index in [0.29, 0.717) is 84.7 Å². The van der Waals surface area contributed by atoms with Gasteiger partial charge in [0, 0.05) is 118 Å². The Labute approximate surface area is 488 Å². The first kappa shape index (κ1) is 58.5. The van der Waals surface area contributed by atoms with Crippen molar-refractivity contribution in [2.45, 2.75) is 124 Å². The Bertz CT molecular complexity index is 3490. The van der Waals surface area contributed by atoms with E-state index >= 15 is 0 Å². The molecular formula is C63H77N13O8. The number of nitrogens with one attached hydrogen (secondary N) is 2. The minimum atomic E-state index is -0.561. The molecule has 0 atom stereocenters. The van der Waals surface area contributed by atoms with E-state index in [1.165, 1.54) is 12.1 Å². The molecule has 0 bridgehead atoms. The van der Waals surface area contributed by atoms with Crippen molar-refractivity contribution in [3.8, 4) is 57.1 Å². The fraction of sp³-hybridized carbons (Fsp3) is 0.429. The number of phenols is 4. The highest BCUT2D eigenvalue weighted by molar-refractivity contribution is 5.94. The number of aromatic nitrogens is 8. The first-order valence-electron chi connectivity index (χ1n) is 29.5. The maximum Gasteiger partial charge on any atom is 0.289 e. The normalized spacial score (nSPS) is 14.5. The number of aromatic hydroxyl groups is 4. The lowest BCUT2D eigenvalue weighted by atomic mass is 9.92. The lowest BCUT2D eigenvalue weighted by Crippen LogP contribution is -2.44. The third kappa shape index (κ3) is 12.2. The number of amides is 4. The van der Waals surface area contributed by atoms with Gasteiger partial charge < -0.3 is 55.7 Å². The minimum Gasteiger partial charge on any atom is -0.508 e. The molecule has 0 unspecified atom stereocenters. The zero-order valence-electron chi connectivity index (χ0n) is 48.8. The van der Waals surface area contributed by atoms with Crippen molar-refractivity contribution < 1.29 is 39.6 Å². The SMILES string of the molecule is CCNC(=O)c1nnc(-c2cc(C(C)C)c(O)cc2O)n1-c1ccc2c(ccn2CCC2CCN(C(=O)CC(N)CC(=O)N3CCC(CCn4ccc5cc(-n6c(C(=O)NCC)nnc6-c6cc(C(C)C)c(O)cc6O)ccc54)CC3)CC2)c1. The highest BCUT2D eigenvalue weighted by Crippen LogP contribution is 2.41. The predicted octanol–water partition coefficient (Wildman–Crippen LogP) is 8.73. The van der Waals surface area contributed by atoms with Gasteiger partial charge in [-0.1, -0.05) is 27.7 Å². The third-order valence-electron chi connectivity index (χ3n) is 16.8. The molecule has 0 saturated carbocycles. The molecule has 8 aromatic rings. The number of carbonyl (C=O) groups is 4. The van der Waals surface area contributed by atoms with Crippen molar-refractivity contribution in [2.24, 2.45) is 17.6 Å². The molecule has 4 aromatic carbocycles. The summed E-state index contributed by atoms with van der Waals surface area (Å²) < 4.78 is 7.72. The summed E-state index contributed by atoms with van der Waals surface area (Å²) in [7, 11) is 0. The summed E-state index contributed by atoms with van der Waals surface area (Å²) in [5, 5.41) is 67.9. The van der Waals surface area contributed by atoms with Gasteiger partial charge in [0.15, 0.2) is 11.6 Å². The van der Waals surface area contributed by atoms with E-state index in [1.807, 2.05) is 99.9 Å². The largest absolute Gasteiger partial charge is 0.508 e. The summed E-state index contributed by atoms with van der Waals surface area (Å²) in [6, 6.07) is 21.3. The zero-order chi connectivity index (χ0) is 59.5. The number of aryl methyl sites for hydroxylation is 2. The topological polar surface area (TPSA) is 277 Å². The molecule has 2 aliphatic heterocycles. The lowest BCUT2D eigenvalue weighted by Gasteiger charge is -2.34. The van der Waals surface area contributed by atoms with Crippen molar-refractivity contribution >= 4 is 45.4 Å². The van der Waals surface area contributed by atoms with Crippen LogP contribution >= 0.6 is 0 Å². The second-order valence-corrected chi connectivity index (χ2v) is 23.1. The molecule has 0 radical (unpaired) electrons. The summed E-state index contributed by atoms with van der Waals surface area (Å²) in [5.74, 6) is 0.227. The summed E-state index contributed by atoms with van der Waals surface area (Å²) in [6.07, 6.45) is 9.76. The summed E-state index contributed by atoms with van der Waals surface area (Å²) >= 11 is 0. The minimum absolute atomic E-state index is 0.0109. The number of carbonyl (C=O) groups excluding carboxylic acids is 4. The molecule has 6 heterocycles. The number of likely N-dealkylation sites (tertiary alicyclic amines) is 2. The molecule has 4 aromatic heterocycles. The van der Waals surface area contributed by atoms with E-state index in [1.54, 1.807) is 21.3 Å². The highest BCUT2D eigenvalue weighted by atomic mass is 16.3. The van der Waals surface area contributed by atoms with Crippen LogP contribution in [0.1, 0.15) is 137 Å². The van der Waals surface area contributed by atoms with Crippen LogP contribution in [0.4, 0.5) is 0 Å². The Morgan fingerprint density at radius 2 is 0.940 bits per heavy atom. The molecule has 10 rings (SSSR count). The first-order valence-corrected chi connectivity index (χ1v) is 29.5. The number of fused-ring (bicyclic) bond motifs is 2. The van der Waals surface area contributed by atoms with Crippen molar-refractivity contribution in [1.82, 2.24) is 59.1 Å². The fourth-order valence-electron chi connectivity index (χ4n) is 12.1. The Kier molecular flexibility index (Phi) is 17.4. The average molecular weight is 1140 g/mol. The molecular weight excluding hydrogens is 1070 g/mol. The van der Waals surface area contributed by atoms with Crippen LogP contribution < -0.4 is 16.4 Å². The van der Waals surface area contributed by atoms with Crippen LogP contribution in [0.15, 0.2) is 85.2 Å². The zero-order valence-corrected chi connectivity index (χ0v) is 48.8. The van der Waals surface area contributed by atoms with Crippen LogP contribution in [0.2, 0.25) is 0 Å². The average Bonchev–Trinajstić information content (AvgIpc) is 2.63. The van der Waals surface area contributed by atoms with Gasteiger partial charge >= 0.3 is 0 Å². The molecule has 21 nitrogen and oxygen atoms in total. The van der Waals surface area contributed by atoms with Crippen molar-refractivity contribution in [2.75, 3.05) is 39.3 Å². The number of hydrogen-bond acceptors (Lipinski definition) is 13. The maximum absolute atomic E-state index is 13.5. The van der Waals surface area contributed by atoms with E-state index in [4.69, 9.17) is 5.73 Å². The van der Waals surface area contributed by atoms with Gasteiger partial charge in [0.1, 0.15) is 23.0 Å². The number of piperidine rings is 2. The molecule has 442 valence electrons. The fourth-order valence-corrected chi connectivity index (χ4v) is 12.1. The molecule has 0 spiro atoms. The number of nitrogens with two attached hydrogens (primary N) is 1. The standard InChI is InChI=1S/C63H77N13O8/c1-7-65-62(83)60-69-67-58(48-33-46(37(3)4)52(77)35-54(48)79)75(60)44-9-11-50-41(29-44)19-27-71(50)21-13-39-15-23-73(24-16-39)56(81)31-43(64)32-57(82)74-25-17-40(18-26-74)14-22-72-28-20-42-30-45(10-12-51(42)72)76-59(68-70-61(76)63(84)66-8-2)49-34-47(38(5)6)53(78)36-55(49)80/h9-12,19-20,27-30,33-40,43,77-80H,7-8,13-18,21-26,31-32,64H2,1-6H3,(H,65,83)(H,66,84). The van der Waals surface area contributed by atoms with Crippen LogP contribution in [0.3, 0.4) is 0 Å². The van der Waals surface area contributed by atoms with Crippen LogP contribution in [0, 0.1) is 11.8 Å². The van der Waals surface area contributed by atoms with Gasteiger partial charge in [0.05, 0.1) is 22.5 Å². The molecule has 84 heavy (non-hydrogen) atoms. The van der Waals surface area contributed by atoms with Crippen LogP contribution in [0.25, 0.3) is 56.0 Å². The van der Waals surface area contributed by atoms with Gasteiger partial charge in [-0.25, -0.2) is 0 Å². The second kappa shape index (κ2) is 25.0. The Morgan fingerprint density at radius 1 is 0.548 bits per heavy atom. The van der Waals surface area contributed by atoms with E-state index in [2.05, 4.69) is 52.6 Å². The van der Waals surface area contributed by atoms with Crippen LogP contribution in [-0.4, -0.2) is 138 Å². The van der Waals surface area contributed by atoms with Gasteiger partial charge in [-0.15, -0.1) is 20.4 Å². The summed E-state index contributed by atoms with van der Waals surface area (Å²) in [6.45, 7) is 16.4. The van der Waals surface area contributed by atoms with Gasteiger partial charge in [-0.05, 0) is 148 Å². The Hall–Kier alpha value is -8.72. The number of nitrogens with zero attached hydrogens (tertiary/aromatic N) is 10. The molecule has 8 N–H and O–H groups in total. The number of hydrogen-bond donors (Lipinski definition) is 7. The van der Waals surface area contributed by atoms with Crippen molar-refractivity contribution in [1.29, 1.82) is 0 Å². The second-order valence-electron chi connectivity index (χ2n) is 23.1. The molecule has 2 fully saturated rings. The quantitative estimate of drug-likeness (QED) is 0.0376. The van der Waals surface area contributed by atoms with Gasteiger partial charge in [0.25, 0.3) is 11.8 Å². The van der Waals surface area contributed by atoms with Crippen LogP contribution in [0.5, 0.6) is 23.0 Å². The lowest BCUT2D eigenvalue weighted by molar-refractivity contribution is -0.134. The monoisotopic (exact) mass is 1140 g/mol. The van der Waals surface area contributed by atoms with Crippen molar-refractivity contribution in [3.63, 3.8) is 0 Å². The summed E-state index contributed by atoms with van der Waals surface area (Å²) in [4.78, 5) is 57.3. The first-order chi connectivity index (χ1) is 40.4. The van der Waals surface area contributed by atoms with E-state index in [9.17, 15) is 39.6 Å². The van der Waals surface area contributed by atoms with Crippen molar-refractivity contribution in [3.05, 3.63) is 108 Å². The molecule has 21 heteroatoms. The summed E-state index contributed by atoms with van der Waals surface area (Å²) in [5.41, 5.74) is 11.8. The third-order valence-corrected chi connectivity index (χ3v) is 16.8. The van der Waals surface area contributed by atoms with E-state index < -0.39 is 17.9 Å². The Balaban J connectivity index is 0.683. The number of phenolic OH excluding ortho intramolecular Hbond substituents is 4. The highest BCUT2D eigenvalue weighted by Gasteiger charge is 2.30. The van der Waals surface area contributed by atoms with Gasteiger partial charge in [0.2, 0.25) is 23.5 Å². The number of rotatable bonds is 20. The van der Waals surface area contributed by atoms with E-state index in [-0.39, 0.29) is 82.8 Å². The maximum atomic E-state index is 13.5. The molecule has 2 saturated heterocycles. The van der Waals surface area contributed by atoms with Gasteiger partial charge in [-0.2, -0.15) is 0 Å². The molecule has 2 aliphatic rings. The number of benzene rings is 4. The van der Waals surface area contributed by atoms with Gasteiger partial charge in [-0.3, -0.25) is 28.3 Å². The molecule has 0 aliphatic carbocycles. The van der Waals surface area contributed by atoms with Crippen LogP contribution in [-0.2, 0) is 22.7 Å². The smallest absolute Gasteiger partial charge is 0.289 e. The Morgan fingerprint density at radius 3 is 1.31 bits per heavy atom. The van der Waals surface area contributed by atoms with E-state index in [0.717, 1.165) is 73.4 Å².